The number of rotatable bonds is 8. The Balaban J connectivity index is 1.34. The van der Waals surface area contributed by atoms with Crippen LogP contribution in [0.2, 0.25) is 5.02 Å². The number of piperazine rings is 1. The van der Waals surface area contributed by atoms with Crippen LogP contribution in [0.5, 0.6) is 0 Å². The number of amides is 1. The number of nitrogens with zero attached hydrogens (tertiary/aromatic N) is 1. The summed E-state index contributed by atoms with van der Waals surface area (Å²) in [7, 11) is -3.45. The molecule has 6 unspecified atom stereocenters. The van der Waals surface area contributed by atoms with Crippen LogP contribution in [-0.4, -0.2) is 67.8 Å². The molecule has 234 valence electrons. The predicted octanol–water partition coefficient (Wildman–Crippen LogP) is 4.60. The van der Waals surface area contributed by atoms with E-state index in [2.05, 4.69) is 17.2 Å². The van der Waals surface area contributed by atoms with Crippen LogP contribution in [0.4, 0.5) is 10.1 Å². The van der Waals surface area contributed by atoms with Gasteiger partial charge in [0.25, 0.3) is 0 Å². The van der Waals surface area contributed by atoms with Gasteiger partial charge in [0, 0.05) is 54.0 Å². The van der Waals surface area contributed by atoms with Gasteiger partial charge < -0.3 is 21.1 Å². The number of nitrogens with two attached hydrogens (primary N) is 1. The molecule has 2 aromatic rings. The lowest BCUT2D eigenvalue weighted by Gasteiger charge is -2.41. The maximum absolute atomic E-state index is 15.2. The highest BCUT2D eigenvalue weighted by atomic mass is 35.5. The minimum absolute atomic E-state index is 0.0263. The summed E-state index contributed by atoms with van der Waals surface area (Å²) in [5, 5.41) is 6.92. The van der Waals surface area contributed by atoms with Crippen LogP contribution >= 0.6 is 11.6 Å². The van der Waals surface area contributed by atoms with Crippen molar-refractivity contribution in [3.05, 3.63) is 76.6 Å². The zero-order valence-corrected chi connectivity index (χ0v) is 26.4. The molecule has 0 aromatic heterocycles. The maximum atomic E-state index is 15.2. The van der Waals surface area contributed by atoms with Gasteiger partial charge in [0.1, 0.15) is 5.82 Å². The van der Waals surface area contributed by atoms with E-state index in [1.165, 1.54) is 6.07 Å². The molecule has 6 atom stereocenters. The number of carbonyl (C=O) groups is 1. The third kappa shape index (κ3) is 7.32. The first-order valence-electron chi connectivity index (χ1n) is 15.0. The SMILES string of the molecule is C=C1CCS(=O)(=O)N2CC1NCC2CCc1c(F)cccc1NC(=O)C(N)C(c1ccc(Cl)cc1)C1CCOC(C)(C)C1. The van der Waals surface area contributed by atoms with E-state index in [-0.39, 0.29) is 41.7 Å². The van der Waals surface area contributed by atoms with Crippen molar-refractivity contribution in [3.8, 4) is 0 Å². The maximum Gasteiger partial charge on any atom is 0.241 e. The van der Waals surface area contributed by atoms with Crippen LogP contribution < -0.4 is 16.4 Å². The highest BCUT2D eigenvalue weighted by Gasteiger charge is 2.41. The smallest absolute Gasteiger partial charge is 0.241 e. The number of sulfonamides is 1. The van der Waals surface area contributed by atoms with E-state index in [0.29, 0.717) is 48.8 Å². The Morgan fingerprint density at radius 1 is 1.28 bits per heavy atom. The molecule has 3 heterocycles. The Morgan fingerprint density at radius 2 is 2.02 bits per heavy atom. The molecule has 3 aliphatic heterocycles. The van der Waals surface area contributed by atoms with Gasteiger partial charge in [0.05, 0.1) is 17.4 Å². The fourth-order valence-electron chi connectivity index (χ4n) is 6.85. The topological polar surface area (TPSA) is 114 Å². The average Bonchev–Trinajstić information content (AvgIpc) is 3.04. The van der Waals surface area contributed by atoms with Gasteiger partial charge in [-0.15, -0.1) is 0 Å². The number of anilines is 1. The van der Waals surface area contributed by atoms with E-state index in [4.69, 9.17) is 22.1 Å². The molecule has 2 bridgehead atoms. The van der Waals surface area contributed by atoms with E-state index >= 15 is 4.39 Å². The highest BCUT2D eigenvalue weighted by Crippen LogP contribution is 2.40. The standard InChI is InChI=1S/C32H42ClFN4O4S/c1-20-14-16-43(40,41)38-19-28(20)36-18-24(38)11-12-25-26(34)5-4-6-27(25)37-31(39)30(35)29(21-7-9-23(33)10-8-21)22-13-15-42-32(2,3)17-22/h4-10,22,24,28-30,36H,1,11-19,35H2,2-3H3,(H,37,39). The molecule has 2 aromatic carbocycles. The number of hydrogen-bond donors (Lipinski definition) is 3. The summed E-state index contributed by atoms with van der Waals surface area (Å²) < 4.78 is 48.7. The summed E-state index contributed by atoms with van der Waals surface area (Å²) in [5.41, 5.74) is 8.86. The van der Waals surface area contributed by atoms with Crippen molar-refractivity contribution in [2.24, 2.45) is 11.7 Å². The third-order valence-corrected chi connectivity index (χ3v) is 11.3. The van der Waals surface area contributed by atoms with Gasteiger partial charge in [-0.1, -0.05) is 42.0 Å². The van der Waals surface area contributed by atoms with Gasteiger partial charge in [-0.2, -0.15) is 4.31 Å². The molecular weight excluding hydrogens is 591 g/mol. The second-order valence-corrected chi connectivity index (χ2v) is 15.1. The quantitative estimate of drug-likeness (QED) is 0.367. The zero-order chi connectivity index (χ0) is 30.9. The minimum atomic E-state index is -3.45. The van der Waals surface area contributed by atoms with E-state index in [1.807, 2.05) is 26.0 Å². The number of carbonyl (C=O) groups excluding carboxylic acids is 1. The molecule has 3 fully saturated rings. The Kier molecular flexibility index (Phi) is 9.66. The zero-order valence-electron chi connectivity index (χ0n) is 24.8. The van der Waals surface area contributed by atoms with Crippen molar-refractivity contribution >= 4 is 33.2 Å². The number of halogens is 2. The van der Waals surface area contributed by atoms with Crippen molar-refractivity contribution in [1.29, 1.82) is 0 Å². The van der Waals surface area contributed by atoms with Gasteiger partial charge in [-0.3, -0.25) is 4.79 Å². The average molecular weight is 633 g/mol. The molecule has 0 saturated carbocycles. The Labute approximate surface area is 259 Å². The van der Waals surface area contributed by atoms with Crippen molar-refractivity contribution < 1.29 is 22.3 Å². The minimum Gasteiger partial charge on any atom is -0.376 e. The number of ether oxygens (including phenoxy) is 1. The van der Waals surface area contributed by atoms with Crippen molar-refractivity contribution in [1.82, 2.24) is 9.62 Å². The lowest BCUT2D eigenvalue weighted by Crippen LogP contribution is -2.57. The Bertz CT molecular complexity index is 1450. The number of nitrogens with one attached hydrogen (secondary N) is 2. The van der Waals surface area contributed by atoms with Crippen LogP contribution in [0.15, 0.2) is 54.6 Å². The number of hydrogen-bond acceptors (Lipinski definition) is 6. The highest BCUT2D eigenvalue weighted by molar-refractivity contribution is 7.89. The monoisotopic (exact) mass is 632 g/mol. The molecule has 5 rings (SSSR count). The van der Waals surface area contributed by atoms with Crippen LogP contribution in [-0.2, 0) is 26.0 Å². The van der Waals surface area contributed by atoms with Crippen molar-refractivity contribution in [2.45, 2.75) is 75.6 Å². The molecule has 3 aliphatic rings. The Hall–Kier alpha value is -2.34. The summed E-state index contributed by atoms with van der Waals surface area (Å²) in [6, 6.07) is 10.7. The molecule has 11 heteroatoms. The normalized spacial score (nSPS) is 28.0. The Morgan fingerprint density at radius 3 is 2.74 bits per heavy atom. The van der Waals surface area contributed by atoms with Gasteiger partial charge in [-0.05, 0) is 81.7 Å². The van der Waals surface area contributed by atoms with Gasteiger partial charge >= 0.3 is 0 Å². The van der Waals surface area contributed by atoms with Crippen LogP contribution in [0.25, 0.3) is 0 Å². The van der Waals surface area contributed by atoms with Crippen LogP contribution in [0, 0.1) is 11.7 Å². The summed E-state index contributed by atoms with van der Waals surface area (Å²) in [6.07, 6.45) is 2.55. The van der Waals surface area contributed by atoms with Crippen molar-refractivity contribution in [3.63, 3.8) is 0 Å². The number of fused-ring (bicyclic) bond motifs is 2. The van der Waals surface area contributed by atoms with E-state index in [9.17, 15) is 13.2 Å². The molecule has 0 spiro atoms. The molecule has 3 saturated heterocycles. The summed E-state index contributed by atoms with van der Waals surface area (Å²) >= 11 is 6.16. The van der Waals surface area contributed by atoms with Gasteiger partial charge in [0.2, 0.25) is 15.9 Å². The van der Waals surface area contributed by atoms with Crippen LogP contribution in [0.3, 0.4) is 0 Å². The molecule has 0 radical (unpaired) electrons. The predicted molar refractivity (Wildman–Crippen MR) is 168 cm³/mol. The van der Waals surface area contributed by atoms with Crippen LogP contribution in [0.1, 0.15) is 56.6 Å². The molecular formula is C32H42ClFN4O4S. The summed E-state index contributed by atoms with van der Waals surface area (Å²) in [4.78, 5) is 13.7. The van der Waals surface area contributed by atoms with Gasteiger partial charge in [-0.25, -0.2) is 12.8 Å². The summed E-state index contributed by atoms with van der Waals surface area (Å²) in [6.45, 7) is 9.48. The first kappa shape index (κ1) is 32.1. The lowest BCUT2D eigenvalue weighted by atomic mass is 9.73. The molecule has 43 heavy (non-hydrogen) atoms. The molecule has 1 amide bonds. The van der Waals surface area contributed by atoms with E-state index in [0.717, 1.165) is 24.0 Å². The fraction of sp³-hybridized carbons (Fsp3) is 0.531. The number of benzene rings is 2. The first-order valence-corrected chi connectivity index (χ1v) is 17.0. The molecule has 4 N–H and O–H groups in total. The van der Waals surface area contributed by atoms with Gasteiger partial charge in [0.15, 0.2) is 0 Å². The largest absolute Gasteiger partial charge is 0.376 e. The fourth-order valence-corrected chi connectivity index (χ4v) is 8.74. The third-order valence-electron chi connectivity index (χ3n) is 9.19. The molecule has 8 nitrogen and oxygen atoms in total. The first-order chi connectivity index (χ1) is 20.3. The molecule has 0 aliphatic carbocycles. The second-order valence-electron chi connectivity index (χ2n) is 12.7. The van der Waals surface area contributed by atoms with E-state index in [1.54, 1.807) is 28.6 Å². The lowest BCUT2D eigenvalue weighted by molar-refractivity contribution is -0.119. The van der Waals surface area contributed by atoms with Crippen molar-refractivity contribution in [2.75, 3.05) is 30.8 Å². The second kappa shape index (κ2) is 12.9. The summed E-state index contributed by atoms with van der Waals surface area (Å²) in [5.74, 6) is -1.06. The van der Waals surface area contributed by atoms with E-state index < -0.39 is 27.8 Å².